The molecule has 1 aliphatic rings. The zero-order valence-electron chi connectivity index (χ0n) is 10.9. The smallest absolute Gasteiger partial charge is 0.127 e. The first-order valence-electron chi connectivity index (χ1n) is 6.74. The van der Waals surface area contributed by atoms with Crippen LogP contribution in [-0.2, 0) is 0 Å². The van der Waals surface area contributed by atoms with Crippen LogP contribution < -0.4 is 10.5 Å². The molecule has 0 saturated heterocycles. The van der Waals surface area contributed by atoms with Crippen molar-refractivity contribution in [1.29, 1.82) is 0 Å². The Morgan fingerprint density at radius 1 is 1.11 bits per heavy atom. The van der Waals surface area contributed by atoms with E-state index in [9.17, 15) is 0 Å². The van der Waals surface area contributed by atoms with Gasteiger partial charge >= 0.3 is 0 Å². The van der Waals surface area contributed by atoms with Crippen molar-refractivity contribution in [3.63, 3.8) is 0 Å². The SMILES string of the molecule is NCCC1(COc2ccc(Cl)c3ccccc23)CC1. The predicted molar refractivity (Wildman–Crippen MR) is 79.8 cm³/mol. The van der Waals surface area contributed by atoms with Crippen LogP contribution in [0.2, 0.25) is 5.02 Å². The second kappa shape index (κ2) is 5.03. The van der Waals surface area contributed by atoms with E-state index in [1.807, 2.05) is 30.3 Å². The van der Waals surface area contributed by atoms with Crippen molar-refractivity contribution in [2.75, 3.05) is 13.2 Å². The molecule has 3 heteroatoms. The molecule has 0 heterocycles. The summed E-state index contributed by atoms with van der Waals surface area (Å²) in [6.45, 7) is 1.50. The van der Waals surface area contributed by atoms with E-state index in [0.29, 0.717) is 5.41 Å². The molecule has 2 aromatic rings. The van der Waals surface area contributed by atoms with Gasteiger partial charge in [0.15, 0.2) is 0 Å². The van der Waals surface area contributed by atoms with Crippen molar-refractivity contribution in [2.24, 2.45) is 11.1 Å². The average Bonchev–Trinajstić information content (AvgIpc) is 3.19. The fraction of sp³-hybridized carbons (Fsp3) is 0.375. The number of benzene rings is 2. The Hall–Kier alpha value is -1.25. The third kappa shape index (κ3) is 2.56. The van der Waals surface area contributed by atoms with Crippen LogP contribution in [0.3, 0.4) is 0 Å². The van der Waals surface area contributed by atoms with E-state index in [1.165, 1.54) is 12.8 Å². The van der Waals surface area contributed by atoms with Crippen LogP contribution >= 0.6 is 11.6 Å². The van der Waals surface area contributed by atoms with Crippen molar-refractivity contribution < 1.29 is 4.74 Å². The quantitative estimate of drug-likeness (QED) is 0.895. The van der Waals surface area contributed by atoms with E-state index in [-0.39, 0.29) is 0 Å². The number of nitrogens with two attached hydrogens (primary N) is 1. The Labute approximate surface area is 118 Å². The normalized spacial score (nSPS) is 16.5. The van der Waals surface area contributed by atoms with Gasteiger partial charge in [-0.1, -0.05) is 35.9 Å². The fourth-order valence-electron chi connectivity index (χ4n) is 2.54. The van der Waals surface area contributed by atoms with E-state index in [2.05, 4.69) is 6.07 Å². The molecule has 1 aliphatic carbocycles. The molecular weight excluding hydrogens is 258 g/mol. The number of hydrogen-bond donors (Lipinski definition) is 1. The number of halogens is 1. The van der Waals surface area contributed by atoms with Crippen molar-refractivity contribution >= 4 is 22.4 Å². The second-order valence-electron chi connectivity index (χ2n) is 5.42. The summed E-state index contributed by atoms with van der Waals surface area (Å²) in [7, 11) is 0. The predicted octanol–water partition coefficient (Wildman–Crippen LogP) is 4.00. The molecule has 0 bridgehead atoms. The Morgan fingerprint density at radius 2 is 1.84 bits per heavy atom. The van der Waals surface area contributed by atoms with E-state index in [4.69, 9.17) is 22.1 Å². The first-order chi connectivity index (χ1) is 9.24. The Kier molecular flexibility index (Phi) is 3.38. The minimum absolute atomic E-state index is 0.329. The van der Waals surface area contributed by atoms with Gasteiger partial charge in [0.1, 0.15) is 5.75 Å². The van der Waals surface area contributed by atoms with E-state index >= 15 is 0 Å². The van der Waals surface area contributed by atoms with Crippen LogP contribution in [0.5, 0.6) is 5.75 Å². The molecule has 1 saturated carbocycles. The fourth-order valence-corrected chi connectivity index (χ4v) is 2.77. The maximum Gasteiger partial charge on any atom is 0.127 e. The molecule has 100 valence electrons. The lowest BCUT2D eigenvalue weighted by Gasteiger charge is -2.16. The number of hydrogen-bond acceptors (Lipinski definition) is 2. The maximum absolute atomic E-state index is 6.21. The lowest BCUT2D eigenvalue weighted by atomic mass is 10.0. The van der Waals surface area contributed by atoms with Gasteiger partial charge in [-0.3, -0.25) is 0 Å². The molecule has 1 fully saturated rings. The summed E-state index contributed by atoms with van der Waals surface area (Å²) in [5.74, 6) is 0.920. The highest BCUT2D eigenvalue weighted by Crippen LogP contribution is 2.49. The number of fused-ring (bicyclic) bond motifs is 1. The molecule has 2 N–H and O–H groups in total. The number of rotatable bonds is 5. The summed E-state index contributed by atoms with van der Waals surface area (Å²) in [4.78, 5) is 0. The Morgan fingerprint density at radius 3 is 2.53 bits per heavy atom. The van der Waals surface area contributed by atoms with E-state index in [1.54, 1.807) is 0 Å². The highest BCUT2D eigenvalue weighted by atomic mass is 35.5. The zero-order valence-corrected chi connectivity index (χ0v) is 11.6. The molecule has 0 atom stereocenters. The van der Waals surface area contributed by atoms with Crippen molar-refractivity contribution in [2.45, 2.75) is 19.3 Å². The van der Waals surface area contributed by atoms with Gasteiger partial charge < -0.3 is 10.5 Å². The lowest BCUT2D eigenvalue weighted by molar-refractivity contribution is 0.229. The van der Waals surface area contributed by atoms with Gasteiger partial charge in [-0.25, -0.2) is 0 Å². The summed E-state index contributed by atoms with van der Waals surface area (Å²) in [5, 5.41) is 2.90. The standard InChI is InChI=1S/C16H18ClNO/c17-14-5-6-15(13-4-2-1-3-12(13)14)19-11-16(7-8-16)9-10-18/h1-6H,7-11,18H2. The molecule has 0 amide bonds. The Bertz CT molecular complexity index is 592. The van der Waals surface area contributed by atoms with Crippen LogP contribution in [0.1, 0.15) is 19.3 Å². The molecule has 0 aliphatic heterocycles. The average molecular weight is 276 g/mol. The molecule has 2 nitrogen and oxygen atoms in total. The van der Waals surface area contributed by atoms with Gasteiger partial charge in [-0.2, -0.15) is 0 Å². The molecule has 19 heavy (non-hydrogen) atoms. The van der Waals surface area contributed by atoms with Crippen molar-refractivity contribution in [3.8, 4) is 5.75 Å². The summed E-state index contributed by atoms with van der Waals surface area (Å²) >= 11 is 6.21. The summed E-state index contributed by atoms with van der Waals surface area (Å²) in [6, 6.07) is 12.0. The van der Waals surface area contributed by atoms with Crippen molar-refractivity contribution in [1.82, 2.24) is 0 Å². The molecule has 3 rings (SSSR count). The highest BCUT2D eigenvalue weighted by Gasteiger charge is 2.42. The summed E-state index contributed by atoms with van der Waals surface area (Å²) in [6.07, 6.45) is 3.52. The van der Waals surface area contributed by atoms with Crippen LogP contribution in [0.15, 0.2) is 36.4 Å². The van der Waals surface area contributed by atoms with Crippen LogP contribution in [0, 0.1) is 5.41 Å². The minimum Gasteiger partial charge on any atom is -0.492 e. The number of ether oxygens (including phenoxy) is 1. The molecule has 0 radical (unpaired) electrons. The maximum atomic E-state index is 6.21. The second-order valence-corrected chi connectivity index (χ2v) is 5.83. The van der Waals surface area contributed by atoms with Crippen LogP contribution in [-0.4, -0.2) is 13.2 Å². The van der Waals surface area contributed by atoms with Gasteiger partial charge in [0.2, 0.25) is 0 Å². The molecule has 0 unspecified atom stereocenters. The van der Waals surface area contributed by atoms with Gasteiger partial charge in [-0.15, -0.1) is 0 Å². The Balaban J connectivity index is 1.84. The minimum atomic E-state index is 0.329. The van der Waals surface area contributed by atoms with Gasteiger partial charge in [0.05, 0.1) is 6.61 Å². The largest absolute Gasteiger partial charge is 0.492 e. The van der Waals surface area contributed by atoms with Gasteiger partial charge in [-0.05, 0) is 37.9 Å². The van der Waals surface area contributed by atoms with Crippen molar-refractivity contribution in [3.05, 3.63) is 41.4 Å². The molecule has 0 spiro atoms. The summed E-state index contributed by atoms with van der Waals surface area (Å²) in [5.41, 5.74) is 5.99. The molecule has 2 aromatic carbocycles. The molecular formula is C16H18ClNO. The van der Waals surface area contributed by atoms with Gasteiger partial charge in [0.25, 0.3) is 0 Å². The van der Waals surface area contributed by atoms with Crippen LogP contribution in [0.4, 0.5) is 0 Å². The topological polar surface area (TPSA) is 35.2 Å². The molecule has 0 aromatic heterocycles. The monoisotopic (exact) mass is 275 g/mol. The van der Waals surface area contributed by atoms with E-state index < -0.39 is 0 Å². The lowest BCUT2D eigenvalue weighted by Crippen LogP contribution is -2.17. The first-order valence-corrected chi connectivity index (χ1v) is 7.12. The van der Waals surface area contributed by atoms with Gasteiger partial charge in [0, 0.05) is 21.2 Å². The third-order valence-electron chi connectivity index (χ3n) is 4.00. The first kappa shape index (κ1) is 12.8. The third-order valence-corrected chi connectivity index (χ3v) is 4.33. The summed E-state index contributed by atoms with van der Waals surface area (Å²) < 4.78 is 6.04. The zero-order chi connectivity index (χ0) is 13.3. The highest BCUT2D eigenvalue weighted by molar-refractivity contribution is 6.35. The van der Waals surface area contributed by atoms with E-state index in [0.717, 1.165) is 41.1 Å². The van der Waals surface area contributed by atoms with Crippen LogP contribution in [0.25, 0.3) is 10.8 Å².